The third kappa shape index (κ3) is 4.60. The number of benzene rings is 1. The minimum absolute atomic E-state index is 0.0837. The molecule has 1 atom stereocenters. The van der Waals surface area contributed by atoms with Crippen LogP contribution in [0, 0.1) is 18.3 Å². The third-order valence-electron chi connectivity index (χ3n) is 5.08. The molecule has 0 radical (unpaired) electrons. The summed E-state index contributed by atoms with van der Waals surface area (Å²) in [5.41, 5.74) is 7.07. The maximum absolute atomic E-state index is 9.87. The molecule has 4 rings (SSSR count). The normalized spacial score (nSPS) is 14.3. The number of aliphatic hydroxyl groups is 1. The molecule has 1 aromatic carbocycles. The van der Waals surface area contributed by atoms with E-state index < -0.39 is 6.10 Å². The molecule has 0 saturated carbocycles. The van der Waals surface area contributed by atoms with Crippen molar-refractivity contribution in [3.05, 3.63) is 53.6 Å². The second-order valence-electron chi connectivity index (χ2n) is 7.32. The monoisotopic (exact) mass is 417 g/mol. The van der Waals surface area contributed by atoms with Gasteiger partial charge in [-0.25, -0.2) is 15.0 Å². The maximum Gasteiger partial charge on any atom is 0.224 e. The van der Waals surface area contributed by atoms with E-state index in [4.69, 9.17) is 10.5 Å². The number of nitriles is 1. The van der Waals surface area contributed by atoms with Gasteiger partial charge >= 0.3 is 0 Å². The number of nitrogens with zero attached hydrogens (tertiary/aromatic N) is 6. The highest BCUT2D eigenvalue weighted by atomic mass is 16.5. The molecule has 2 aromatic heterocycles. The quantitative estimate of drug-likeness (QED) is 0.620. The van der Waals surface area contributed by atoms with E-state index in [9.17, 15) is 10.4 Å². The lowest BCUT2D eigenvalue weighted by Crippen LogP contribution is -2.19. The third-order valence-corrected chi connectivity index (χ3v) is 5.08. The number of ether oxygens (including phenoxy) is 1. The van der Waals surface area contributed by atoms with Crippen LogP contribution in [-0.4, -0.2) is 44.7 Å². The highest BCUT2D eigenvalue weighted by Crippen LogP contribution is 2.33. The Labute approximate surface area is 180 Å². The molecule has 158 valence electrons. The summed E-state index contributed by atoms with van der Waals surface area (Å²) in [6, 6.07) is 8.97. The summed E-state index contributed by atoms with van der Waals surface area (Å²) in [5.74, 6) is 2.64. The molecular weight excluding hydrogens is 394 g/mol. The minimum atomic E-state index is -0.821. The maximum atomic E-state index is 9.87. The molecule has 1 aliphatic heterocycles. The lowest BCUT2D eigenvalue weighted by atomic mass is 10.1. The molecule has 9 nitrogen and oxygen atoms in total. The first-order valence-corrected chi connectivity index (χ1v) is 10.1. The van der Waals surface area contributed by atoms with E-state index in [0.29, 0.717) is 40.0 Å². The summed E-state index contributed by atoms with van der Waals surface area (Å²) in [7, 11) is 0. The van der Waals surface area contributed by atoms with E-state index in [2.05, 4.69) is 30.9 Å². The summed E-state index contributed by atoms with van der Waals surface area (Å²) in [5, 5.41) is 19.2. The Balaban J connectivity index is 1.69. The predicted octanol–water partition coefficient (Wildman–Crippen LogP) is 2.50. The average Bonchev–Trinajstić information content (AvgIpc) is 3.33. The summed E-state index contributed by atoms with van der Waals surface area (Å²) in [4.78, 5) is 19.8. The predicted molar refractivity (Wildman–Crippen MR) is 114 cm³/mol. The number of rotatable bonds is 6. The van der Waals surface area contributed by atoms with Gasteiger partial charge in [0.1, 0.15) is 17.4 Å². The van der Waals surface area contributed by atoms with Gasteiger partial charge in [0.25, 0.3) is 0 Å². The van der Waals surface area contributed by atoms with E-state index in [1.165, 1.54) is 12.4 Å². The van der Waals surface area contributed by atoms with Crippen LogP contribution in [-0.2, 0) is 0 Å². The molecule has 3 aromatic rings. The Bertz CT molecular complexity index is 1110. The zero-order valence-electron chi connectivity index (χ0n) is 17.2. The van der Waals surface area contributed by atoms with Gasteiger partial charge in [-0.1, -0.05) is 0 Å². The van der Waals surface area contributed by atoms with Crippen LogP contribution in [0.4, 0.5) is 5.82 Å². The fourth-order valence-corrected chi connectivity index (χ4v) is 3.44. The summed E-state index contributed by atoms with van der Waals surface area (Å²) < 4.78 is 6.11. The lowest BCUT2D eigenvalue weighted by Gasteiger charge is -2.18. The van der Waals surface area contributed by atoms with Gasteiger partial charge in [-0.2, -0.15) is 10.2 Å². The number of anilines is 1. The molecule has 0 bridgehead atoms. The van der Waals surface area contributed by atoms with Crippen LogP contribution in [0.1, 0.15) is 35.9 Å². The first-order valence-electron chi connectivity index (χ1n) is 10.1. The van der Waals surface area contributed by atoms with Crippen LogP contribution in [0.25, 0.3) is 11.4 Å². The summed E-state index contributed by atoms with van der Waals surface area (Å²) >= 11 is 0. The van der Waals surface area contributed by atoms with Gasteiger partial charge in [0.15, 0.2) is 5.82 Å². The smallest absolute Gasteiger partial charge is 0.224 e. The molecule has 1 fully saturated rings. The highest BCUT2D eigenvalue weighted by Gasteiger charge is 2.18. The number of hydrogen-bond acceptors (Lipinski definition) is 9. The van der Waals surface area contributed by atoms with Crippen LogP contribution >= 0.6 is 0 Å². The minimum Gasteiger partial charge on any atom is -0.438 e. The van der Waals surface area contributed by atoms with Crippen molar-refractivity contribution in [2.75, 3.05) is 24.5 Å². The van der Waals surface area contributed by atoms with Crippen molar-refractivity contribution < 1.29 is 9.84 Å². The van der Waals surface area contributed by atoms with Gasteiger partial charge in [-0.15, -0.1) is 0 Å². The molecule has 1 saturated heterocycles. The van der Waals surface area contributed by atoms with E-state index >= 15 is 0 Å². The Morgan fingerprint density at radius 1 is 1.19 bits per heavy atom. The van der Waals surface area contributed by atoms with Crippen molar-refractivity contribution in [1.29, 1.82) is 5.26 Å². The SMILES string of the molecule is Cc1nc(Oc2cc(C#N)ccc2-c2ncc(C(O)CN)cn2)cc(N2CCCC2)n1. The van der Waals surface area contributed by atoms with Crippen molar-refractivity contribution in [1.82, 2.24) is 19.9 Å². The molecule has 9 heteroatoms. The Hall–Kier alpha value is -3.61. The van der Waals surface area contributed by atoms with Crippen LogP contribution < -0.4 is 15.4 Å². The van der Waals surface area contributed by atoms with Gasteiger partial charge in [0.2, 0.25) is 5.88 Å². The molecule has 1 aliphatic rings. The van der Waals surface area contributed by atoms with Crippen molar-refractivity contribution in [2.45, 2.75) is 25.9 Å². The van der Waals surface area contributed by atoms with Gasteiger partial charge in [-0.3, -0.25) is 0 Å². The molecular formula is C22H23N7O2. The van der Waals surface area contributed by atoms with Crippen molar-refractivity contribution >= 4 is 5.82 Å². The molecule has 0 aliphatic carbocycles. The molecule has 3 heterocycles. The zero-order valence-corrected chi connectivity index (χ0v) is 17.2. The van der Waals surface area contributed by atoms with E-state index in [1.807, 2.05) is 13.0 Å². The van der Waals surface area contributed by atoms with Crippen LogP contribution in [0.2, 0.25) is 0 Å². The first-order chi connectivity index (χ1) is 15.1. The first kappa shape index (κ1) is 20.7. The Morgan fingerprint density at radius 3 is 2.61 bits per heavy atom. The topological polar surface area (TPSA) is 134 Å². The van der Waals surface area contributed by atoms with Crippen LogP contribution in [0.5, 0.6) is 11.6 Å². The average molecular weight is 417 g/mol. The van der Waals surface area contributed by atoms with Crippen molar-refractivity contribution in [3.63, 3.8) is 0 Å². The molecule has 0 amide bonds. The van der Waals surface area contributed by atoms with Crippen LogP contribution in [0.3, 0.4) is 0 Å². The fraction of sp³-hybridized carbons (Fsp3) is 0.318. The second-order valence-corrected chi connectivity index (χ2v) is 7.32. The summed E-state index contributed by atoms with van der Waals surface area (Å²) in [6.45, 7) is 3.82. The van der Waals surface area contributed by atoms with E-state index in [-0.39, 0.29) is 6.54 Å². The van der Waals surface area contributed by atoms with Crippen molar-refractivity contribution in [3.8, 4) is 29.1 Å². The van der Waals surface area contributed by atoms with Crippen LogP contribution in [0.15, 0.2) is 36.7 Å². The van der Waals surface area contributed by atoms with E-state index in [0.717, 1.165) is 31.7 Å². The molecule has 31 heavy (non-hydrogen) atoms. The largest absolute Gasteiger partial charge is 0.438 e. The standard InChI is InChI=1S/C22H23N7O2/c1-14-27-20(29-6-2-3-7-29)9-21(28-14)31-19-8-15(10-23)4-5-17(19)22-25-12-16(13-26-22)18(30)11-24/h4-5,8-9,12-13,18,30H,2-3,6-7,11,24H2,1H3. The molecule has 0 spiro atoms. The molecule has 3 N–H and O–H groups in total. The Kier molecular flexibility index (Phi) is 6.02. The Morgan fingerprint density at radius 2 is 1.94 bits per heavy atom. The van der Waals surface area contributed by atoms with E-state index in [1.54, 1.807) is 18.2 Å². The van der Waals surface area contributed by atoms with Gasteiger partial charge in [0, 0.05) is 43.7 Å². The molecule has 1 unspecified atom stereocenters. The highest BCUT2D eigenvalue weighted by molar-refractivity contribution is 5.66. The van der Waals surface area contributed by atoms with Gasteiger partial charge in [0.05, 0.1) is 23.3 Å². The lowest BCUT2D eigenvalue weighted by molar-refractivity contribution is 0.186. The number of nitrogens with two attached hydrogens (primary N) is 1. The number of aryl methyl sites for hydroxylation is 1. The number of aromatic nitrogens is 4. The fourth-order valence-electron chi connectivity index (χ4n) is 3.44. The van der Waals surface area contributed by atoms with Crippen molar-refractivity contribution in [2.24, 2.45) is 5.73 Å². The summed E-state index contributed by atoms with van der Waals surface area (Å²) in [6.07, 6.45) is 4.52. The number of aliphatic hydroxyl groups excluding tert-OH is 1. The van der Waals surface area contributed by atoms with Gasteiger partial charge in [-0.05, 0) is 38.0 Å². The number of hydrogen-bond donors (Lipinski definition) is 2. The van der Waals surface area contributed by atoms with Gasteiger partial charge < -0.3 is 20.5 Å². The zero-order chi connectivity index (χ0) is 21.8. The second kappa shape index (κ2) is 9.04.